The van der Waals surface area contributed by atoms with Gasteiger partial charge in [-0.25, -0.2) is 0 Å². The summed E-state index contributed by atoms with van der Waals surface area (Å²) in [5.41, 5.74) is 5.33. The van der Waals surface area contributed by atoms with Crippen LogP contribution in [-0.2, 0) is 11.2 Å². The van der Waals surface area contributed by atoms with Gasteiger partial charge in [-0.1, -0.05) is 43.3 Å². The Morgan fingerprint density at radius 1 is 1.00 bits per heavy atom. The third kappa shape index (κ3) is 5.36. The minimum Gasteiger partial charge on any atom is -0.309 e. The van der Waals surface area contributed by atoms with Crippen molar-refractivity contribution in [3.8, 4) is 0 Å². The number of nitrogens with zero attached hydrogens (tertiary/aromatic N) is 2. The maximum atomic E-state index is 12.6. The molecule has 1 aliphatic heterocycles. The molecule has 0 bridgehead atoms. The molecule has 0 atom stereocenters. The van der Waals surface area contributed by atoms with E-state index in [1.54, 1.807) is 0 Å². The molecule has 1 amide bonds. The molecule has 3 rings (SSSR count). The number of hydrogen-bond acceptors (Lipinski definition) is 2. The molecule has 1 heterocycles. The molecule has 3 nitrogen and oxygen atoms in total. The second kappa shape index (κ2) is 10.6. The van der Waals surface area contributed by atoms with Gasteiger partial charge in [0.2, 0.25) is 5.91 Å². The average Bonchev–Trinajstić information content (AvgIpc) is 2.69. The van der Waals surface area contributed by atoms with Gasteiger partial charge in [0, 0.05) is 37.8 Å². The molecule has 1 aliphatic rings. The summed E-state index contributed by atoms with van der Waals surface area (Å²) in [4.78, 5) is 17.2. The molecule has 28 heavy (non-hydrogen) atoms. The summed E-state index contributed by atoms with van der Waals surface area (Å²) in [5.74, 6) is 0.232. The number of carbonyl (C=O) groups excluding carboxylic acids is 1. The Morgan fingerprint density at radius 3 is 2.18 bits per heavy atom. The van der Waals surface area contributed by atoms with Crippen LogP contribution in [0.25, 0.3) is 0 Å². The van der Waals surface area contributed by atoms with Crippen LogP contribution in [0.3, 0.4) is 0 Å². The van der Waals surface area contributed by atoms with Crippen molar-refractivity contribution in [3.63, 3.8) is 0 Å². The second-order valence-corrected chi connectivity index (χ2v) is 7.65. The first kappa shape index (κ1) is 22.4. The van der Waals surface area contributed by atoms with Gasteiger partial charge in [0.1, 0.15) is 0 Å². The van der Waals surface area contributed by atoms with E-state index in [0.717, 1.165) is 44.6 Å². The van der Waals surface area contributed by atoms with E-state index in [9.17, 15) is 4.79 Å². The van der Waals surface area contributed by atoms with Crippen molar-refractivity contribution in [2.24, 2.45) is 0 Å². The molecule has 1 saturated heterocycles. The van der Waals surface area contributed by atoms with Gasteiger partial charge in [-0.2, -0.15) is 0 Å². The first-order valence-electron chi connectivity index (χ1n) is 10.2. The molecule has 4 heteroatoms. The third-order valence-corrected chi connectivity index (χ3v) is 5.85. The fraction of sp³-hybridized carbons (Fsp3) is 0.458. The van der Waals surface area contributed by atoms with Crippen LogP contribution in [0.4, 0.5) is 5.69 Å². The van der Waals surface area contributed by atoms with Gasteiger partial charge in [0.05, 0.1) is 0 Å². The summed E-state index contributed by atoms with van der Waals surface area (Å²) < 4.78 is 0. The van der Waals surface area contributed by atoms with Gasteiger partial charge >= 0.3 is 0 Å². The first-order valence-corrected chi connectivity index (χ1v) is 10.2. The zero-order valence-electron chi connectivity index (χ0n) is 17.4. The SMILES string of the molecule is CCC(=O)N(c1ccccc1)C1CCN(CCc2c(C)cccc2C)CC1.Cl. The molecular formula is C24H33ClN2O. The molecule has 0 radical (unpaired) electrons. The summed E-state index contributed by atoms with van der Waals surface area (Å²) >= 11 is 0. The van der Waals surface area contributed by atoms with Gasteiger partial charge in [-0.15, -0.1) is 12.4 Å². The van der Waals surface area contributed by atoms with E-state index in [1.807, 2.05) is 30.0 Å². The number of aryl methyl sites for hydroxylation is 2. The molecule has 1 fully saturated rings. The Kier molecular flexibility index (Phi) is 8.53. The summed E-state index contributed by atoms with van der Waals surface area (Å²) in [6.07, 6.45) is 3.77. The normalized spacial score (nSPS) is 15.1. The van der Waals surface area contributed by atoms with Crippen molar-refractivity contribution in [1.82, 2.24) is 4.90 Å². The Balaban J connectivity index is 0.00000280. The van der Waals surface area contributed by atoms with Gasteiger partial charge < -0.3 is 9.80 Å². The Bertz CT molecular complexity index is 734. The molecule has 2 aromatic carbocycles. The lowest BCUT2D eigenvalue weighted by Crippen LogP contribution is -2.48. The van der Waals surface area contributed by atoms with E-state index in [4.69, 9.17) is 0 Å². The highest BCUT2D eigenvalue weighted by atomic mass is 35.5. The largest absolute Gasteiger partial charge is 0.309 e. The smallest absolute Gasteiger partial charge is 0.226 e. The highest BCUT2D eigenvalue weighted by Gasteiger charge is 2.28. The van der Waals surface area contributed by atoms with E-state index >= 15 is 0 Å². The molecule has 0 aliphatic carbocycles. The van der Waals surface area contributed by atoms with Crippen LogP contribution < -0.4 is 4.90 Å². The quantitative estimate of drug-likeness (QED) is 0.667. The number of para-hydroxylation sites is 1. The Morgan fingerprint density at radius 2 is 1.61 bits per heavy atom. The molecule has 2 aromatic rings. The molecule has 0 aromatic heterocycles. The number of benzene rings is 2. The fourth-order valence-electron chi connectivity index (χ4n) is 4.23. The Labute approximate surface area is 176 Å². The van der Waals surface area contributed by atoms with Crippen LogP contribution in [0.2, 0.25) is 0 Å². The van der Waals surface area contributed by atoms with Crippen LogP contribution in [0, 0.1) is 13.8 Å². The lowest BCUT2D eigenvalue weighted by Gasteiger charge is -2.38. The van der Waals surface area contributed by atoms with Crippen molar-refractivity contribution in [2.45, 2.75) is 52.5 Å². The maximum absolute atomic E-state index is 12.6. The number of likely N-dealkylation sites (tertiary alicyclic amines) is 1. The minimum absolute atomic E-state index is 0. The highest BCUT2D eigenvalue weighted by Crippen LogP contribution is 2.25. The number of halogens is 1. The molecule has 0 spiro atoms. The zero-order chi connectivity index (χ0) is 19.2. The molecule has 152 valence electrons. The van der Waals surface area contributed by atoms with E-state index in [2.05, 4.69) is 49.1 Å². The lowest BCUT2D eigenvalue weighted by atomic mass is 9.98. The van der Waals surface area contributed by atoms with E-state index in [-0.39, 0.29) is 18.3 Å². The standard InChI is InChI=1S/C24H32N2O.ClH/c1-4-24(27)26(21-11-6-5-7-12-21)22-13-16-25(17-14-22)18-15-23-19(2)9-8-10-20(23)3;/h5-12,22H,4,13-18H2,1-3H3;1H. The van der Waals surface area contributed by atoms with Gasteiger partial charge in [0.25, 0.3) is 0 Å². The average molecular weight is 401 g/mol. The topological polar surface area (TPSA) is 23.6 Å². The van der Waals surface area contributed by atoms with Crippen LogP contribution in [0.5, 0.6) is 0 Å². The molecule has 0 unspecified atom stereocenters. The monoisotopic (exact) mass is 400 g/mol. The summed E-state index contributed by atoms with van der Waals surface area (Å²) in [7, 11) is 0. The lowest BCUT2D eigenvalue weighted by molar-refractivity contribution is -0.119. The van der Waals surface area contributed by atoms with E-state index in [1.165, 1.54) is 16.7 Å². The predicted molar refractivity (Wildman–Crippen MR) is 121 cm³/mol. The third-order valence-electron chi connectivity index (χ3n) is 5.85. The number of amides is 1. The predicted octanol–water partition coefficient (Wildman–Crippen LogP) is 5.18. The van der Waals surface area contributed by atoms with Crippen LogP contribution >= 0.6 is 12.4 Å². The van der Waals surface area contributed by atoms with Crippen LogP contribution in [0.1, 0.15) is 42.9 Å². The van der Waals surface area contributed by atoms with Crippen molar-refractivity contribution in [3.05, 3.63) is 65.2 Å². The number of piperidine rings is 1. The number of anilines is 1. The first-order chi connectivity index (χ1) is 13.1. The molecular weight excluding hydrogens is 368 g/mol. The zero-order valence-corrected chi connectivity index (χ0v) is 18.2. The van der Waals surface area contributed by atoms with Crippen molar-refractivity contribution >= 4 is 24.0 Å². The molecule has 0 N–H and O–H groups in total. The minimum atomic E-state index is 0. The van der Waals surface area contributed by atoms with Crippen LogP contribution in [0.15, 0.2) is 48.5 Å². The summed E-state index contributed by atoms with van der Waals surface area (Å²) in [5, 5.41) is 0. The second-order valence-electron chi connectivity index (χ2n) is 7.65. The van der Waals surface area contributed by atoms with Gasteiger partial charge in [-0.3, -0.25) is 4.79 Å². The van der Waals surface area contributed by atoms with Crippen molar-refractivity contribution < 1.29 is 4.79 Å². The summed E-state index contributed by atoms with van der Waals surface area (Å²) in [6.45, 7) is 9.61. The van der Waals surface area contributed by atoms with E-state index in [0.29, 0.717) is 12.5 Å². The van der Waals surface area contributed by atoms with E-state index < -0.39 is 0 Å². The summed E-state index contributed by atoms with van der Waals surface area (Å²) in [6, 6.07) is 17.0. The number of hydrogen-bond donors (Lipinski definition) is 0. The Hall–Kier alpha value is -1.84. The van der Waals surface area contributed by atoms with Gasteiger partial charge in [-0.05, 0) is 61.9 Å². The van der Waals surface area contributed by atoms with Crippen molar-refractivity contribution in [2.75, 3.05) is 24.5 Å². The maximum Gasteiger partial charge on any atom is 0.226 e. The van der Waals surface area contributed by atoms with Crippen molar-refractivity contribution in [1.29, 1.82) is 0 Å². The highest BCUT2D eigenvalue weighted by molar-refractivity contribution is 5.93. The molecule has 0 saturated carbocycles. The van der Waals surface area contributed by atoms with Crippen LogP contribution in [-0.4, -0.2) is 36.5 Å². The van der Waals surface area contributed by atoms with Gasteiger partial charge in [0.15, 0.2) is 0 Å². The number of carbonyl (C=O) groups is 1. The number of rotatable bonds is 6. The fourth-order valence-corrected chi connectivity index (χ4v) is 4.23.